The maximum Gasteiger partial charge on any atom is 0.289 e. The fraction of sp³-hybridized carbons (Fsp3) is 0.500. The molecular weight excluding hydrogens is 246 g/mol. The molecule has 78 valence electrons. The number of nitrogens with zero attached hydrogens (tertiary/aromatic N) is 1. The summed E-state index contributed by atoms with van der Waals surface area (Å²) in [6.07, 6.45) is 1.54. The Labute approximate surface area is 92.2 Å². The standard InChI is InChI=1S/C10H14BrNO2/c1-7-4-5-14-9(7)10(13)12(3)6-8(2)11/h4-5,8H,6H2,1-3H3. The van der Waals surface area contributed by atoms with Gasteiger partial charge in [0.25, 0.3) is 5.91 Å². The molecule has 1 heterocycles. The Bertz CT molecular complexity index is 320. The molecule has 1 aromatic rings. The van der Waals surface area contributed by atoms with Crippen LogP contribution in [0.4, 0.5) is 0 Å². The second kappa shape index (κ2) is 4.64. The van der Waals surface area contributed by atoms with Gasteiger partial charge in [0.15, 0.2) is 5.76 Å². The van der Waals surface area contributed by atoms with Gasteiger partial charge in [-0.05, 0) is 13.0 Å². The van der Waals surface area contributed by atoms with Crippen LogP contribution < -0.4 is 0 Å². The van der Waals surface area contributed by atoms with Gasteiger partial charge in [-0.3, -0.25) is 4.79 Å². The van der Waals surface area contributed by atoms with E-state index in [9.17, 15) is 4.79 Å². The van der Waals surface area contributed by atoms with E-state index in [2.05, 4.69) is 15.9 Å². The third kappa shape index (κ3) is 2.61. The Morgan fingerprint density at radius 3 is 2.79 bits per heavy atom. The van der Waals surface area contributed by atoms with Crippen LogP contribution >= 0.6 is 15.9 Å². The number of hydrogen-bond donors (Lipinski definition) is 0. The van der Waals surface area contributed by atoms with Crippen LogP contribution in [0.25, 0.3) is 0 Å². The third-order valence-electron chi connectivity index (χ3n) is 1.93. The molecular formula is C10H14BrNO2. The molecule has 0 saturated carbocycles. The highest BCUT2D eigenvalue weighted by Crippen LogP contribution is 2.12. The van der Waals surface area contributed by atoms with Gasteiger partial charge in [-0.2, -0.15) is 0 Å². The number of alkyl halides is 1. The van der Waals surface area contributed by atoms with Gasteiger partial charge in [-0.1, -0.05) is 22.9 Å². The van der Waals surface area contributed by atoms with Gasteiger partial charge in [0.2, 0.25) is 0 Å². The molecule has 1 atom stereocenters. The Hall–Kier alpha value is -0.770. The summed E-state index contributed by atoms with van der Waals surface area (Å²) in [6.45, 7) is 4.53. The fourth-order valence-electron chi connectivity index (χ4n) is 1.23. The molecule has 1 unspecified atom stereocenters. The van der Waals surface area contributed by atoms with Crippen molar-refractivity contribution in [3.05, 3.63) is 23.7 Å². The van der Waals surface area contributed by atoms with Crippen molar-refractivity contribution in [3.8, 4) is 0 Å². The highest BCUT2D eigenvalue weighted by Gasteiger charge is 2.17. The first kappa shape index (κ1) is 11.3. The smallest absolute Gasteiger partial charge is 0.289 e. The van der Waals surface area contributed by atoms with Gasteiger partial charge in [-0.15, -0.1) is 0 Å². The minimum Gasteiger partial charge on any atom is -0.459 e. The Kier molecular flexibility index (Phi) is 3.75. The van der Waals surface area contributed by atoms with Crippen LogP contribution in [-0.2, 0) is 0 Å². The molecule has 0 spiro atoms. The van der Waals surface area contributed by atoms with Gasteiger partial charge in [0.05, 0.1) is 6.26 Å². The third-order valence-corrected chi connectivity index (χ3v) is 2.22. The summed E-state index contributed by atoms with van der Waals surface area (Å²) in [6, 6.07) is 1.79. The highest BCUT2D eigenvalue weighted by molar-refractivity contribution is 9.09. The van der Waals surface area contributed by atoms with Crippen molar-refractivity contribution in [2.75, 3.05) is 13.6 Å². The molecule has 3 nitrogen and oxygen atoms in total. The number of halogens is 1. The molecule has 0 aromatic carbocycles. The average Bonchev–Trinajstić information content (AvgIpc) is 2.48. The van der Waals surface area contributed by atoms with E-state index in [0.29, 0.717) is 12.3 Å². The van der Waals surface area contributed by atoms with Crippen LogP contribution in [0.15, 0.2) is 16.7 Å². The SMILES string of the molecule is Cc1ccoc1C(=O)N(C)CC(C)Br. The van der Waals surface area contributed by atoms with Crippen molar-refractivity contribution >= 4 is 21.8 Å². The summed E-state index contributed by atoms with van der Waals surface area (Å²) in [5.74, 6) is 0.361. The molecule has 0 saturated heterocycles. The minimum absolute atomic E-state index is 0.0706. The van der Waals surface area contributed by atoms with Crippen molar-refractivity contribution < 1.29 is 9.21 Å². The van der Waals surface area contributed by atoms with E-state index >= 15 is 0 Å². The maximum atomic E-state index is 11.8. The van der Waals surface area contributed by atoms with E-state index in [4.69, 9.17) is 4.42 Å². The first-order chi connectivity index (χ1) is 6.52. The predicted molar refractivity (Wildman–Crippen MR) is 58.8 cm³/mol. The summed E-state index contributed by atoms with van der Waals surface area (Å²) in [7, 11) is 1.77. The zero-order valence-electron chi connectivity index (χ0n) is 8.58. The van der Waals surface area contributed by atoms with Crippen LogP contribution in [0.2, 0.25) is 0 Å². The molecule has 0 aliphatic rings. The van der Waals surface area contributed by atoms with Gasteiger partial charge in [0.1, 0.15) is 0 Å². The zero-order valence-corrected chi connectivity index (χ0v) is 10.2. The minimum atomic E-state index is -0.0706. The largest absolute Gasteiger partial charge is 0.459 e. The second-order valence-corrected chi connectivity index (χ2v) is 4.96. The van der Waals surface area contributed by atoms with E-state index in [1.165, 1.54) is 6.26 Å². The van der Waals surface area contributed by atoms with Crippen molar-refractivity contribution in [3.63, 3.8) is 0 Å². The monoisotopic (exact) mass is 259 g/mol. The molecule has 0 N–H and O–H groups in total. The molecule has 4 heteroatoms. The Balaban J connectivity index is 2.71. The maximum absolute atomic E-state index is 11.8. The van der Waals surface area contributed by atoms with Gasteiger partial charge in [-0.25, -0.2) is 0 Å². The van der Waals surface area contributed by atoms with Crippen molar-refractivity contribution in [2.45, 2.75) is 18.7 Å². The highest BCUT2D eigenvalue weighted by atomic mass is 79.9. The molecule has 1 amide bonds. The summed E-state index contributed by atoms with van der Waals surface area (Å²) < 4.78 is 5.12. The lowest BCUT2D eigenvalue weighted by atomic mass is 10.2. The molecule has 1 rings (SSSR count). The van der Waals surface area contributed by atoms with Crippen LogP contribution in [0, 0.1) is 6.92 Å². The molecule has 14 heavy (non-hydrogen) atoms. The lowest BCUT2D eigenvalue weighted by molar-refractivity contribution is 0.0765. The molecule has 1 aromatic heterocycles. The number of carbonyl (C=O) groups is 1. The van der Waals surface area contributed by atoms with Crippen LogP contribution in [0.5, 0.6) is 0 Å². The first-order valence-corrected chi connectivity index (χ1v) is 5.37. The van der Waals surface area contributed by atoms with Gasteiger partial charge >= 0.3 is 0 Å². The van der Waals surface area contributed by atoms with Gasteiger partial charge < -0.3 is 9.32 Å². The van der Waals surface area contributed by atoms with E-state index in [1.807, 2.05) is 13.8 Å². The molecule has 0 aliphatic carbocycles. The predicted octanol–water partition coefficient (Wildman–Crippen LogP) is 2.44. The molecule has 0 fully saturated rings. The number of hydrogen-bond acceptors (Lipinski definition) is 2. The Morgan fingerprint density at radius 1 is 1.71 bits per heavy atom. The lowest BCUT2D eigenvalue weighted by Gasteiger charge is -2.17. The van der Waals surface area contributed by atoms with Crippen molar-refractivity contribution in [1.29, 1.82) is 0 Å². The number of aryl methyl sites for hydroxylation is 1. The molecule has 0 radical (unpaired) electrons. The zero-order chi connectivity index (χ0) is 10.7. The topological polar surface area (TPSA) is 33.5 Å². The Morgan fingerprint density at radius 2 is 2.36 bits per heavy atom. The summed E-state index contributed by atoms with van der Waals surface area (Å²) in [4.78, 5) is 13.7. The van der Waals surface area contributed by atoms with E-state index in [0.717, 1.165) is 5.56 Å². The van der Waals surface area contributed by atoms with E-state index in [-0.39, 0.29) is 10.7 Å². The van der Waals surface area contributed by atoms with E-state index < -0.39 is 0 Å². The number of amides is 1. The lowest BCUT2D eigenvalue weighted by Crippen LogP contribution is -2.31. The van der Waals surface area contributed by atoms with E-state index in [1.54, 1.807) is 18.0 Å². The summed E-state index contributed by atoms with van der Waals surface area (Å²) >= 11 is 3.40. The fourth-order valence-corrected chi connectivity index (χ4v) is 1.66. The normalized spacial score (nSPS) is 12.6. The van der Waals surface area contributed by atoms with Crippen LogP contribution in [0.1, 0.15) is 23.0 Å². The van der Waals surface area contributed by atoms with Crippen molar-refractivity contribution in [2.24, 2.45) is 0 Å². The molecule has 0 aliphatic heterocycles. The quantitative estimate of drug-likeness (QED) is 0.782. The second-order valence-electron chi connectivity index (χ2n) is 3.40. The first-order valence-electron chi connectivity index (χ1n) is 4.46. The summed E-state index contributed by atoms with van der Waals surface area (Å²) in [5, 5.41) is 0. The number of rotatable bonds is 3. The van der Waals surface area contributed by atoms with Crippen LogP contribution in [0.3, 0.4) is 0 Å². The molecule has 0 bridgehead atoms. The number of furan rings is 1. The van der Waals surface area contributed by atoms with Gasteiger partial charge in [0, 0.05) is 24.0 Å². The van der Waals surface area contributed by atoms with Crippen molar-refractivity contribution in [1.82, 2.24) is 4.90 Å². The average molecular weight is 260 g/mol. The van der Waals surface area contributed by atoms with Crippen LogP contribution in [-0.4, -0.2) is 29.2 Å². The summed E-state index contributed by atoms with van der Waals surface area (Å²) in [5.41, 5.74) is 0.879. The number of carbonyl (C=O) groups excluding carboxylic acids is 1.